The Morgan fingerprint density at radius 3 is 2.23 bits per heavy atom. The number of benzene rings is 2. The zero-order chi connectivity index (χ0) is 22.4. The van der Waals surface area contributed by atoms with Gasteiger partial charge in [0.25, 0.3) is 11.8 Å². The monoisotopic (exact) mass is 445 g/mol. The van der Waals surface area contributed by atoms with Gasteiger partial charge in [0.2, 0.25) is 0 Å². The van der Waals surface area contributed by atoms with Crippen molar-refractivity contribution in [3.8, 4) is 0 Å². The number of hydrazine groups is 1. The molecule has 0 unspecified atom stereocenters. The number of hydrogen-bond acceptors (Lipinski definition) is 4. The van der Waals surface area contributed by atoms with Crippen LogP contribution in [-0.4, -0.2) is 22.8 Å². The molecule has 1 aromatic heterocycles. The first kappa shape index (κ1) is 21.7. The smallest absolute Gasteiger partial charge is 0.308 e. The van der Waals surface area contributed by atoms with Crippen molar-refractivity contribution in [2.24, 2.45) is 0 Å². The Hall–Kier alpha value is -4.05. The summed E-state index contributed by atoms with van der Waals surface area (Å²) in [7, 11) is 0. The predicted molar refractivity (Wildman–Crippen MR) is 110 cm³/mol. The number of amides is 4. The third kappa shape index (κ3) is 5.73. The standard InChI is InChI=1S/C20H14ClF2N5O3/c21-17-14(5-2-8-24-17)19(30)28-27-18(29)11-3-1-4-12(9-11)25-20(31)26-13-6-7-15(22)16(23)10-13/h1-10H,(H,27,29)(H,28,30)(H2,25,26,31). The minimum Gasteiger partial charge on any atom is -0.308 e. The van der Waals surface area contributed by atoms with Gasteiger partial charge in [0.1, 0.15) is 5.15 Å². The second-order valence-corrected chi connectivity index (χ2v) is 6.40. The van der Waals surface area contributed by atoms with Gasteiger partial charge in [-0.15, -0.1) is 0 Å². The number of halogens is 3. The van der Waals surface area contributed by atoms with Crippen molar-refractivity contribution in [3.63, 3.8) is 0 Å². The molecule has 31 heavy (non-hydrogen) atoms. The Kier molecular flexibility index (Phi) is 6.73. The van der Waals surface area contributed by atoms with E-state index < -0.39 is 29.5 Å². The van der Waals surface area contributed by atoms with E-state index >= 15 is 0 Å². The van der Waals surface area contributed by atoms with Crippen LogP contribution in [0.25, 0.3) is 0 Å². The summed E-state index contributed by atoms with van der Waals surface area (Å²) >= 11 is 5.82. The summed E-state index contributed by atoms with van der Waals surface area (Å²) in [6, 6.07) is 10.9. The molecule has 8 nitrogen and oxygen atoms in total. The maximum Gasteiger partial charge on any atom is 0.323 e. The quantitative estimate of drug-likeness (QED) is 0.362. The molecule has 158 valence electrons. The zero-order valence-electron chi connectivity index (χ0n) is 15.6. The van der Waals surface area contributed by atoms with Crippen LogP contribution in [0.1, 0.15) is 20.7 Å². The van der Waals surface area contributed by atoms with E-state index in [9.17, 15) is 23.2 Å². The molecule has 0 saturated heterocycles. The fourth-order valence-corrected chi connectivity index (χ4v) is 2.62. The molecule has 0 aliphatic heterocycles. The molecule has 2 aromatic carbocycles. The largest absolute Gasteiger partial charge is 0.323 e. The lowest BCUT2D eigenvalue weighted by molar-refractivity contribution is 0.0846. The van der Waals surface area contributed by atoms with Gasteiger partial charge in [-0.2, -0.15) is 0 Å². The topological polar surface area (TPSA) is 112 Å². The Morgan fingerprint density at radius 2 is 1.52 bits per heavy atom. The Balaban J connectivity index is 1.59. The number of nitrogens with one attached hydrogen (secondary N) is 4. The highest BCUT2D eigenvalue weighted by Crippen LogP contribution is 2.15. The number of aromatic nitrogens is 1. The molecule has 0 saturated carbocycles. The Morgan fingerprint density at radius 1 is 0.806 bits per heavy atom. The minimum atomic E-state index is -1.11. The SMILES string of the molecule is O=C(Nc1cccc(C(=O)NNC(=O)c2cccnc2Cl)c1)Nc1ccc(F)c(F)c1. The fourth-order valence-electron chi connectivity index (χ4n) is 2.41. The van der Waals surface area contributed by atoms with E-state index in [1.165, 1.54) is 48.7 Å². The second kappa shape index (κ2) is 9.63. The molecule has 4 N–H and O–H groups in total. The number of nitrogens with zero attached hydrogens (tertiary/aromatic N) is 1. The first-order chi connectivity index (χ1) is 14.8. The van der Waals surface area contributed by atoms with Crippen LogP contribution in [0.3, 0.4) is 0 Å². The van der Waals surface area contributed by atoms with Crippen molar-refractivity contribution in [3.05, 3.63) is 88.7 Å². The summed E-state index contributed by atoms with van der Waals surface area (Å²) in [6.45, 7) is 0. The zero-order valence-corrected chi connectivity index (χ0v) is 16.3. The van der Waals surface area contributed by atoms with Crippen LogP contribution in [0, 0.1) is 11.6 Å². The molecule has 3 rings (SSSR count). The summed E-state index contributed by atoms with van der Waals surface area (Å²) in [6.07, 6.45) is 1.42. The van der Waals surface area contributed by atoms with Crippen molar-refractivity contribution in [1.82, 2.24) is 15.8 Å². The van der Waals surface area contributed by atoms with Crippen LogP contribution in [0.5, 0.6) is 0 Å². The average Bonchev–Trinajstić information content (AvgIpc) is 2.75. The first-order valence-electron chi connectivity index (χ1n) is 8.68. The van der Waals surface area contributed by atoms with Crippen molar-refractivity contribution in [1.29, 1.82) is 0 Å². The number of carbonyl (C=O) groups excluding carboxylic acids is 3. The van der Waals surface area contributed by atoms with E-state index in [-0.39, 0.29) is 27.7 Å². The summed E-state index contributed by atoms with van der Waals surface area (Å²) in [5.41, 5.74) is 4.93. The molecule has 0 fully saturated rings. The maximum atomic E-state index is 13.2. The van der Waals surface area contributed by atoms with E-state index in [0.717, 1.165) is 12.1 Å². The summed E-state index contributed by atoms with van der Waals surface area (Å²) in [4.78, 5) is 40.2. The summed E-state index contributed by atoms with van der Waals surface area (Å²) in [5, 5.41) is 4.78. The van der Waals surface area contributed by atoms with Gasteiger partial charge in [-0.05, 0) is 42.5 Å². The van der Waals surface area contributed by atoms with Crippen LogP contribution in [0.2, 0.25) is 5.15 Å². The van der Waals surface area contributed by atoms with E-state index in [1.807, 2.05) is 0 Å². The number of hydrogen-bond donors (Lipinski definition) is 4. The molecule has 4 amide bonds. The average molecular weight is 446 g/mol. The highest BCUT2D eigenvalue weighted by Gasteiger charge is 2.13. The number of carbonyl (C=O) groups is 3. The van der Waals surface area contributed by atoms with Gasteiger partial charge < -0.3 is 10.6 Å². The molecule has 3 aromatic rings. The van der Waals surface area contributed by atoms with Gasteiger partial charge >= 0.3 is 6.03 Å². The van der Waals surface area contributed by atoms with Crippen molar-refractivity contribution in [2.75, 3.05) is 10.6 Å². The van der Waals surface area contributed by atoms with E-state index in [2.05, 4.69) is 26.5 Å². The number of rotatable bonds is 4. The second-order valence-electron chi connectivity index (χ2n) is 6.04. The van der Waals surface area contributed by atoms with E-state index in [0.29, 0.717) is 0 Å². The predicted octanol–water partition coefficient (Wildman–Crippen LogP) is 3.73. The molecule has 0 aliphatic carbocycles. The minimum absolute atomic E-state index is 0.0208. The highest BCUT2D eigenvalue weighted by molar-refractivity contribution is 6.32. The summed E-state index contributed by atoms with van der Waals surface area (Å²) in [5.74, 6) is -3.46. The van der Waals surface area contributed by atoms with Crippen LogP contribution >= 0.6 is 11.6 Å². The Labute approximate surface area is 179 Å². The van der Waals surface area contributed by atoms with Crippen molar-refractivity contribution < 1.29 is 23.2 Å². The Bertz CT molecular complexity index is 1160. The lowest BCUT2D eigenvalue weighted by Crippen LogP contribution is -2.41. The number of pyridine rings is 1. The summed E-state index contributed by atoms with van der Waals surface area (Å²) < 4.78 is 26.2. The molecular formula is C20H14ClF2N5O3. The molecule has 11 heteroatoms. The van der Waals surface area contributed by atoms with Crippen LogP contribution in [0.4, 0.5) is 25.0 Å². The van der Waals surface area contributed by atoms with Gasteiger partial charge in [0, 0.05) is 29.2 Å². The van der Waals surface area contributed by atoms with Gasteiger partial charge in [-0.3, -0.25) is 20.4 Å². The van der Waals surface area contributed by atoms with Crippen LogP contribution < -0.4 is 21.5 Å². The van der Waals surface area contributed by atoms with Gasteiger partial charge in [-0.1, -0.05) is 17.7 Å². The van der Waals surface area contributed by atoms with Gasteiger partial charge in [-0.25, -0.2) is 18.6 Å². The van der Waals surface area contributed by atoms with E-state index in [1.54, 1.807) is 0 Å². The normalized spacial score (nSPS) is 10.2. The molecule has 0 aliphatic rings. The third-order valence-corrected chi connectivity index (χ3v) is 4.15. The third-order valence-electron chi connectivity index (χ3n) is 3.85. The van der Waals surface area contributed by atoms with Crippen molar-refractivity contribution >= 4 is 40.8 Å². The van der Waals surface area contributed by atoms with E-state index in [4.69, 9.17) is 11.6 Å². The van der Waals surface area contributed by atoms with Crippen LogP contribution in [-0.2, 0) is 0 Å². The van der Waals surface area contributed by atoms with Gasteiger partial charge in [0.05, 0.1) is 5.56 Å². The molecule has 0 atom stereocenters. The van der Waals surface area contributed by atoms with Crippen LogP contribution in [0.15, 0.2) is 60.8 Å². The molecule has 0 bridgehead atoms. The number of anilines is 2. The fraction of sp³-hybridized carbons (Fsp3) is 0. The molecule has 0 radical (unpaired) electrons. The van der Waals surface area contributed by atoms with Gasteiger partial charge in [0.15, 0.2) is 11.6 Å². The highest BCUT2D eigenvalue weighted by atomic mass is 35.5. The number of urea groups is 1. The molecule has 0 spiro atoms. The maximum absolute atomic E-state index is 13.2. The van der Waals surface area contributed by atoms with Crippen molar-refractivity contribution in [2.45, 2.75) is 0 Å². The lowest BCUT2D eigenvalue weighted by atomic mass is 10.2. The molecule has 1 heterocycles. The first-order valence-corrected chi connectivity index (χ1v) is 9.05. The lowest BCUT2D eigenvalue weighted by Gasteiger charge is -2.10. The molecular weight excluding hydrogens is 432 g/mol.